The highest BCUT2D eigenvalue weighted by Gasteiger charge is 2.22. The molecule has 0 saturated heterocycles. The Kier molecular flexibility index (Phi) is 3.05. The van der Waals surface area contributed by atoms with E-state index in [1.807, 2.05) is 0 Å². The van der Waals surface area contributed by atoms with Gasteiger partial charge >= 0.3 is 0 Å². The molecular weight excluding hydrogens is 294 g/mol. The molecule has 5 rings (SSSR count). The molecule has 3 heteroatoms. The van der Waals surface area contributed by atoms with Gasteiger partial charge in [-0.1, -0.05) is 60.7 Å². The summed E-state index contributed by atoms with van der Waals surface area (Å²) >= 11 is 0. The van der Waals surface area contributed by atoms with E-state index in [0.717, 1.165) is 18.8 Å². The Labute approximate surface area is 141 Å². The third-order valence-electron chi connectivity index (χ3n) is 4.95. The Bertz CT molecular complexity index is 915. The second-order valence-corrected chi connectivity index (χ2v) is 6.45. The predicted molar refractivity (Wildman–Crippen MR) is 97.0 cm³/mol. The van der Waals surface area contributed by atoms with Gasteiger partial charge in [-0.2, -0.15) is 0 Å². The van der Waals surface area contributed by atoms with Crippen LogP contribution in [-0.2, 0) is 13.0 Å². The number of aryl methyl sites for hydroxylation is 2. The van der Waals surface area contributed by atoms with Crippen LogP contribution >= 0.6 is 0 Å². The molecule has 118 valence electrons. The van der Waals surface area contributed by atoms with Crippen LogP contribution in [0.25, 0.3) is 28.2 Å². The zero-order valence-electron chi connectivity index (χ0n) is 13.5. The van der Waals surface area contributed by atoms with Gasteiger partial charge < -0.3 is 4.57 Å². The van der Waals surface area contributed by atoms with Gasteiger partial charge in [-0.15, -0.1) is 5.10 Å². The highest BCUT2D eigenvalue weighted by molar-refractivity contribution is 5.76. The first-order chi connectivity index (χ1) is 11.9. The van der Waals surface area contributed by atoms with Crippen LogP contribution in [0.1, 0.15) is 18.4 Å². The van der Waals surface area contributed by atoms with Crippen molar-refractivity contribution < 1.29 is 0 Å². The van der Waals surface area contributed by atoms with E-state index in [2.05, 4.69) is 75.9 Å². The van der Waals surface area contributed by atoms with Crippen LogP contribution in [0.3, 0.4) is 0 Å². The van der Waals surface area contributed by atoms with Gasteiger partial charge in [0.05, 0.1) is 0 Å². The van der Waals surface area contributed by atoms with E-state index in [0.29, 0.717) is 0 Å². The van der Waals surface area contributed by atoms with Gasteiger partial charge in [-0.3, -0.25) is 0 Å². The SMILES string of the molecule is c1ccc(-c2cn3nc(-c4ccccc4)n4c3c2CCCC4)cc1. The summed E-state index contributed by atoms with van der Waals surface area (Å²) in [5, 5.41) is 4.92. The molecular formula is C21H19N3. The minimum Gasteiger partial charge on any atom is -0.309 e. The molecule has 24 heavy (non-hydrogen) atoms. The van der Waals surface area contributed by atoms with Crippen molar-refractivity contribution in [1.82, 2.24) is 14.2 Å². The number of aromatic nitrogens is 3. The molecule has 0 bridgehead atoms. The smallest absolute Gasteiger partial charge is 0.162 e. The van der Waals surface area contributed by atoms with Crippen molar-refractivity contribution in [2.75, 3.05) is 0 Å². The van der Waals surface area contributed by atoms with Crippen molar-refractivity contribution in [2.45, 2.75) is 25.8 Å². The second kappa shape index (κ2) is 5.38. The van der Waals surface area contributed by atoms with Crippen molar-refractivity contribution in [2.24, 2.45) is 0 Å². The third-order valence-corrected chi connectivity index (χ3v) is 4.95. The molecule has 1 aliphatic heterocycles. The molecule has 3 heterocycles. The minimum atomic E-state index is 1.04. The number of nitrogens with zero attached hydrogens (tertiary/aromatic N) is 3. The maximum atomic E-state index is 4.92. The molecule has 0 N–H and O–H groups in total. The van der Waals surface area contributed by atoms with Gasteiger partial charge in [0.15, 0.2) is 5.82 Å². The molecule has 0 saturated carbocycles. The minimum absolute atomic E-state index is 1.04. The molecule has 0 aliphatic carbocycles. The summed E-state index contributed by atoms with van der Waals surface area (Å²) < 4.78 is 4.50. The second-order valence-electron chi connectivity index (χ2n) is 6.45. The van der Waals surface area contributed by atoms with Crippen LogP contribution in [0.15, 0.2) is 66.9 Å². The van der Waals surface area contributed by atoms with Gasteiger partial charge in [-0.05, 0) is 24.8 Å². The number of benzene rings is 2. The number of hydrogen-bond donors (Lipinski definition) is 0. The molecule has 0 amide bonds. The molecule has 0 fully saturated rings. The summed E-state index contributed by atoms with van der Waals surface area (Å²) in [6.07, 6.45) is 5.76. The van der Waals surface area contributed by atoms with E-state index in [-0.39, 0.29) is 0 Å². The quantitative estimate of drug-likeness (QED) is 0.521. The van der Waals surface area contributed by atoms with Gasteiger partial charge in [0.1, 0.15) is 5.65 Å². The Morgan fingerprint density at radius 2 is 1.50 bits per heavy atom. The standard InChI is InChI=1S/C21H19N3/c1-3-9-16(10-4-1)19-15-24-21-18(19)13-7-8-14-23(21)20(22-24)17-11-5-2-6-12-17/h1-6,9-12,15H,7-8,13-14H2. The Morgan fingerprint density at radius 1 is 0.792 bits per heavy atom. The van der Waals surface area contributed by atoms with Gasteiger partial charge in [-0.25, -0.2) is 4.52 Å². The fourth-order valence-corrected chi connectivity index (χ4v) is 3.84. The van der Waals surface area contributed by atoms with E-state index in [1.54, 1.807) is 0 Å². The van der Waals surface area contributed by atoms with Crippen LogP contribution < -0.4 is 0 Å². The molecule has 2 aromatic heterocycles. The normalized spacial score (nSPS) is 14.0. The number of rotatable bonds is 2. The van der Waals surface area contributed by atoms with Crippen LogP contribution in [0.5, 0.6) is 0 Å². The lowest BCUT2D eigenvalue weighted by Crippen LogP contribution is -1.99. The highest BCUT2D eigenvalue weighted by Crippen LogP contribution is 2.34. The summed E-state index contributed by atoms with van der Waals surface area (Å²) in [7, 11) is 0. The first kappa shape index (κ1) is 13.6. The third kappa shape index (κ3) is 2.01. The average Bonchev–Trinajstić information content (AvgIpc) is 3.08. The zero-order valence-corrected chi connectivity index (χ0v) is 13.5. The topological polar surface area (TPSA) is 22.2 Å². The monoisotopic (exact) mass is 313 g/mol. The van der Waals surface area contributed by atoms with Crippen molar-refractivity contribution in [3.8, 4) is 22.5 Å². The van der Waals surface area contributed by atoms with E-state index in [1.165, 1.54) is 40.7 Å². The Hall–Kier alpha value is -2.81. The predicted octanol–water partition coefficient (Wildman–Crippen LogP) is 4.81. The van der Waals surface area contributed by atoms with E-state index in [9.17, 15) is 0 Å². The fourth-order valence-electron chi connectivity index (χ4n) is 3.84. The van der Waals surface area contributed by atoms with E-state index < -0.39 is 0 Å². The Balaban J connectivity index is 1.77. The molecule has 1 aliphatic rings. The van der Waals surface area contributed by atoms with E-state index >= 15 is 0 Å². The van der Waals surface area contributed by atoms with Crippen molar-refractivity contribution in [1.29, 1.82) is 0 Å². The maximum Gasteiger partial charge on any atom is 0.162 e. The maximum absolute atomic E-state index is 4.92. The lowest BCUT2D eigenvalue weighted by Gasteiger charge is -2.06. The summed E-state index contributed by atoms with van der Waals surface area (Å²) in [5.74, 6) is 1.08. The fraction of sp³-hybridized carbons (Fsp3) is 0.190. The summed E-state index contributed by atoms with van der Waals surface area (Å²) in [6.45, 7) is 1.04. The van der Waals surface area contributed by atoms with E-state index in [4.69, 9.17) is 5.10 Å². The van der Waals surface area contributed by atoms with Crippen LogP contribution in [-0.4, -0.2) is 14.2 Å². The average molecular weight is 313 g/mol. The highest BCUT2D eigenvalue weighted by atomic mass is 15.3. The molecule has 0 atom stereocenters. The summed E-state index contributed by atoms with van der Waals surface area (Å²) in [4.78, 5) is 0. The largest absolute Gasteiger partial charge is 0.309 e. The molecule has 0 spiro atoms. The lowest BCUT2D eigenvalue weighted by atomic mass is 10.0. The van der Waals surface area contributed by atoms with Crippen molar-refractivity contribution in [3.05, 3.63) is 72.4 Å². The molecule has 3 nitrogen and oxygen atoms in total. The Morgan fingerprint density at radius 3 is 2.25 bits per heavy atom. The summed E-state index contributed by atoms with van der Waals surface area (Å²) in [5.41, 5.74) is 6.51. The zero-order chi connectivity index (χ0) is 15.9. The number of hydrogen-bond acceptors (Lipinski definition) is 1. The van der Waals surface area contributed by atoms with Gasteiger partial charge in [0.2, 0.25) is 0 Å². The van der Waals surface area contributed by atoms with Crippen LogP contribution in [0.4, 0.5) is 0 Å². The molecule has 0 radical (unpaired) electrons. The summed E-state index contributed by atoms with van der Waals surface area (Å²) in [6, 6.07) is 21.2. The van der Waals surface area contributed by atoms with Crippen molar-refractivity contribution >= 4 is 5.65 Å². The molecule has 4 aromatic rings. The van der Waals surface area contributed by atoms with Crippen molar-refractivity contribution in [3.63, 3.8) is 0 Å². The van der Waals surface area contributed by atoms with Crippen LogP contribution in [0.2, 0.25) is 0 Å². The van der Waals surface area contributed by atoms with Gasteiger partial charge in [0, 0.05) is 29.4 Å². The first-order valence-electron chi connectivity index (χ1n) is 8.63. The van der Waals surface area contributed by atoms with Gasteiger partial charge in [0.25, 0.3) is 0 Å². The molecule has 0 unspecified atom stereocenters. The molecule has 2 aromatic carbocycles. The van der Waals surface area contributed by atoms with Crippen LogP contribution in [0, 0.1) is 0 Å². The lowest BCUT2D eigenvalue weighted by molar-refractivity contribution is 0.645. The first-order valence-corrected chi connectivity index (χ1v) is 8.63.